The standard InChI is InChI=1S/C15H13F3IN5/c1-9(10-6-4-3-5-7-10)23(2)24-13-11(22-14(24)19)12(15(16,17)18)20-8-21-13/h3-9H,1-2H3. The Morgan fingerprint density at radius 1 is 1.17 bits per heavy atom. The molecule has 0 aliphatic heterocycles. The Morgan fingerprint density at radius 2 is 1.83 bits per heavy atom. The maximum absolute atomic E-state index is 13.1. The number of fused-ring (bicyclic) bond motifs is 1. The van der Waals surface area contributed by atoms with Crippen LogP contribution < -0.4 is 5.01 Å². The van der Waals surface area contributed by atoms with E-state index >= 15 is 0 Å². The average Bonchev–Trinajstić information content (AvgIpc) is 2.89. The van der Waals surface area contributed by atoms with Crippen LogP contribution in [0.25, 0.3) is 11.2 Å². The van der Waals surface area contributed by atoms with E-state index in [0.29, 0.717) is 3.83 Å². The molecule has 0 aliphatic carbocycles. The van der Waals surface area contributed by atoms with Gasteiger partial charge in [-0.2, -0.15) is 13.2 Å². The van der Waals surface area contributed by atoms with Crippen LogP contribution in [-0.4, -0.2) is 26.7 Å². The summed E-state index contributed by atoms with van der Waals surface area (Å²) in [5, 5.41) is 1.81. The molecule has 3 rings (SSSR count). The van der Waals surface area contributed by atoms with Gasteiger partial charge in [0.15, 0.2) is 15.2 Å². The molecular formula is C15H13F3IN5. The fraction of sp³-hybridized carbons (Fsp3) is 0.267. The third kappa shape index (κ3) is 2.92. The van der Waals surface area contributed by atoms with Crippen LogP contribution in [0.4, 0.5) is 13.2 Å². The van der Waals surface area contributed by atoms with E-state index in [1.165, 1.54) is 0 Å². The lowest BCUT2D eigenvalue weighted by Crippen LogP contribution is -2.34. The van der Waals surface area contributed by atoms with E-state index < -0.39 is 11.9 Å². The molecule has 2 aromatic heterocycles. The normalized spacial score (nSPS) is 13.2. The summed E-state index contributed by atoms with van der Waals surface area (Å²) in [4.78, 5) is 11.4. The molecule has 0 spiro atoms. The molecule has 3 aromatic rings. The van der Waals surface area contributed by atoms with Crippen molar-refractivity contribution in [2.24, 2.45) is 0 Å². The molecule has 0 saturated carbocycles. The van der Waals surface area contributed by atoms with Gasteiger partial charge in [-0.05, 0) is 12.5 Å². The molecule has 24 heavy (non-hydrogen) atoms. The molecule has 9 heteroatoms. The smallest absolute Gasteiger partial charge is 0.305 e. The molecule has 1 aromatic carbocycles. The van der Waals surface area contributed by atoms with Crippen molar-refractivity contribution >= 4 is 33.8 Å². The highest BCUT2D eigenvalue weighted by atomic mass is 127. The molecule has 2 heterocycles. The Hall–Kier alpha value is -1.91. The Bertz CT molecular complexity index is 863. The maximum Gasteiger partial charge on any atom is 0.435 e. The number of hydrogen-bond acceptors (Lipinski definition) is 4. The van der Waals surface area contributed by atoms with Gasteiger partial charge in [0.1, 0.15) is 11.8 Å². The molecule has 0 saturated heterocycles. The molecule has 0 aliphatic rings. The van der Waals surface area contributed by atoms with E-state index in [1.54, 1.807) is 16.7 Å². The number of rotatable bonds is 3. The summed E-state index contributed by atoms with van der Waals surface area (Å²) in [6.07, 6.45) is -3.66. The van der Waals surface area contributed by atoms with Crippen LogP contribution in [0.15, 0.2) is 36.7 Å². The van der Waals surface area contributed by atoms with E-state index in [1.807, 2.05) is 59.8 Å². The molecule has 0 N–H and O–H groups in total. The number of nitrogens with zero attached hydrogens (tertiary/aromatic N) is 5. The summed E-state index contributed by atoms with van der Waals surface area (Å²) < 4.78 is 41.3. The number of aromatic nitrogens is 4. The van der Waals surface area contributed by atoms with E-state index in [2.05, 4.69) is 15.0 Å². The second kappa shape index (κ2) is 6.19. The van der Waals surface area contributed by atoms with Crippen molar-refractivity contribution in [3.8, 4) is 0 Å². The predicted molar refractivity (Wildman–Crippen MR) is 92.0 cm³/mol. The zero-order valence-electron chi connectivity index (χ0n) is 12.8. The van der Waals surface area contributed by atoms with Gasteiger partial charge >= 0.3 is 6.18 Å². The molecular weight excluding hydrogens is 434 g/mol. The third-order valence-electron chi connectivity index (χ3n) is 3.81. The van der Waals surface area contributed by atoms with Crippen molar-refractivity contribution in [2.45, 2.75) is 19.1 Å². The lowest BCUT2D eigenvalue weighted by atomic mass is 10.1. The summed E-state index contributed by atoms with van der Waals surface area (Å²) in [7, 11) is 1.79. The van der Waals surface area contributed by atoms with Crippen molar-refractivity contribution in [1.29, 1.82) is 0 Å². The van der Waals surface area contributed by atoms with Gasteiger partial charge in [0, 0.05) is 29.6 Å². The lowest BCUT2D eigenvalue weighted by molar-refractivity contribution is -0.140. The monoisotopic (exact) mass is 447 g/mol. The minimum Gasteiger partial charge on any atom is -0.305 e. The highest BCUT2D eigenvalue weighted by molar-refractivity contribution is 14.1. The minimum atomic E-state index is -4.58. The number of imidazole rings is 1. The molecule has 5 nitrogen and oxygen atoms in total. The van der Waals surface area contributed by atoms with E-state index in [4.69, 9.17) is 0 Å². The van der Waals surface area contributed by atoms with Crippen molar-refractivity contribution in [3.05, 3.63) is 51.7 Å². The quantitative estimate of drug-likeness (QED) is 0.453. The number of hydrogen-bond donors (Lipinski definition) is 0. The molecule has 0 fully saturated rings. The highest BCUT2D eigenvalue weighted by Gasteiger charge is 2.37. The summed E-state index contributed by atoms with van der Waals surface area (Å²) >= 11 is 1.90. The minimum absolute atomic E-state index is 0.0820. The Kier molecular flexibility index (Phi) is 4.37. The Balaban J connectivity index is 2.12. The largest absolute Gasteiger partial charge is 0.435 e. The van der Waals surface area contributed by atoms with Crippen molar-refractivity contribution < 1.29 is 13.2 Å². The van der Waals surface area contributed by atoms with E-state index in [-0.39, 0.29) is 17.2 Å². The zero-order valence-corrected chi connectivity index (χ0v) is 14.9. The Morgan fingerprint density at radius 3 is 2.46 bits per heavy atom. The van der Waals surface area contributed by atoms with Gasteiger partial charge in [-0.25, -0.2) is 19.6 Å². The van der Waals surface area contributed by atoms with Gasteiger partial charge in [0.05, 0.1) is 6.04 Å². The Labute approximate surface area is 149 Å². The van der Waals surface area contributed by atoms with Gasteiger partial charge in [0.2, 0.25) is 0 Å². The fourth-order valence-electron chi connectivity index (χ4n) is 2.46. The summed E-state index contributed by atoms with van der Waals surface area (Å²) in [6.45, 7) is 1.96. The summed E-state index contributed by atoms with van der Waals surface area (Å²) in [5.41, 5.74) is -0.110. The first-order valence-electron chi connectivity index (χ1n) is 7.05. The maximum atomic E-state index is 13.1. The SMILES string of the molecule is CC(c1ccccc1)N(C)n1c(I)nc2c(C(F)(F)F)ncnc21. The van der Waals surface area contributed by atoms with Crippen LogP contribution in [0.1, 0.15) is 24.2 Å². The molecule has 1 atom stereocenters. The van der Waals surface area contributed by atoms with Crippen LogP contribution in [0.3, 0.4) is 0 Å². The van der Waals surface area contributed by atoms with Crippen molar-refractivity contribution in [1.82, 2.24) is 19.6 Å². The third-order valence-corrected chi connectivity index (χ3v) is 4.51. The second-order valence-electron chi connectivity index (χ2n) is 5.25. The number of halogens is 4. The van der Waals surface area contributed by atoms with Crippen LogP contribution in [-0.2, 0) is 6.18 Å². The van der Waals surface area contributed by atoms with Gasteiger partial charge in [-0.3, -0.25) is 0 Å². The molecule has 0 bridgehead atoms. The fourth-order valence-corrected chi connectivity index (χ4v) is 3.27. The molecule has 1 unspecified atom stereocenters. The van der Waals surface area contributed by atoms with Crippen LogP contribution in [0, 0.1) is 3.83 Å². The van der Waals surface area contributed by atoms with Gasteiger partial charge in [0.25, 0.3) is 0 Å². The first-order valence-corrected chi connectivity index (χ1v) is 8.12. The first kappa shape index (κ1) is 16.9. The van der Waals surface area contributed by atoms with Gasteiger partial charge in [-0.1, -0.05) is 30.3 Å². The first-order chi connectivity index (χ1) is 11.3. The van der Waals surface area contributed by atoms with Gasteiger partial charge < -0.3 is 5.01 Å². The second-order valence-corrected chi connectivity index (χ2v) is 6.21. The molecule has 126 valence electrons. The topological polar surface area (TPSA) is 46.8 Å². The molecule has 0 radical (unpaired) electrons. The van der Waals surface area contributed by atoms with Crippen molar-refractivity contribution in [2.75, 3.05) is 12.1 Å². The average molecular weight is 447 g/mol. The van der Waals surface area contributed by atoms with Crippen LogP contribution in [0.5, 0.6) is 0 Å². The molecule has 0 amide bonds. The summed E-state index contributed by atoms with van der Waals surface area (Å²) in [5.74, 6) is 0. The van der Waals surface area contributed by atoms with Crippen LogP contribution in [0.2, 0.25) is 0 Å². The number of benzene rings is 1. The summed E-state index contributed by atoms with van der Waals surface area (Å²) in [6, 6.07) is 9.59. The van der Waals surface area contributed by atoms with E-state index in [9.17, 15) is 13.2 Å². The van der Waals surface area contributed by atoms with Crippen molar-refractivity contribution in [3.63, 3.8) is 0 Å². The predicted octanol–water partition coefficient (Wildman–Crippen LogP) is 3.78. The van der Waals surface area contributed by atoms with Gasteiger partial charge in [-0.15, -0.1) is 0 Å². The lowest BCUT2D eigenvalue weighted by Gasteiger charge is -2.28. The van der Waals surface area contributed by atoms with E-state index in [0.717, 1.165) is 11.9 Å². The van der Waals surface area contributed by atoms with Crippen LogP contribution >= 0.6 is 22.6 Å². The zero-order chi connectivity index (χ0) is 17.5. The number of alkyl halides is 3. The highest BCUT2D eigenvalue weighted by Crippen LogP contribution is 2.33.